The van der Waals surface area contributed by atoms with E-state index in [-0.39, 0.29) is 23.7 Å². The van der Waals surface area contributed by atoms with Crippen molar-refractivity contribution in [1.82, 2.24) is 0 Å². The Morgan fingerprint density at radius 2 is 1.38 bits per heavy atom. The van der Waals surface area contributed by atoms with Gasteiger partial charge in [-0.1, -0.05) is 12.1 Å². The van der Waals surface area contributed by atoms with Crippen LogP contribution in [0.25, 0.3) is 0 Å². The summed E-state index contributed by atoms with van der Waals surface area (Å²) in [5.41, 5.74) is 1.33. The molecular formula is C22H23FN2O4. The second-order valence-electron chi connectivity index (χ2n) is 7.11. The number of hydrogen-bond donors (Lipinski definition) is 2. The van der Waals surface area contributed by atoms with Gasteiger partial charge in [-0.15, -0.1) is 0 Å². The summed E-state index contributed by atoms with van der Waals surface area (Å²) in [6.45, 7) is 0. The number of halogens is 1. The van der Waals surface area contributed by atoms with Gasteiger partial charge in [-0.05, 0) is 62.1 Å². The van der Waals surface area contributed by atoms with Crippen LogP contribution < -0.4 is 10.6 Å². The summed E-state index contributed by atoms with van der Waals surface area (Å²) >= 11 is 0. The lowest BCUT2D eigenvalue weighted by molar-refractivity contribution is -0.125. The zero-order valence-electron chi connectivity index (χ0n) is 16.1. The van der Waals surface area contributed by atoms with E-state index >= 15 is 0 Å². The molecule has 0 atom stereocenters. The van der Waals surface area contributed by atoms with Crippen LogP contribution >= 0.6 is 0 Å². The second kappa shape index (κ2) is 9.32. The van der Waals surface area contributed by atoms with Crippen molar-refractivity contribution in [2.45, 2.75) is 25.7 Å². The van der Waals surface area contributed by atoms with Crippen molar-refractivity contribution < 1.29 is 23.5 Å². The first-order valence-electron chi connectivity index (χ1n) is 9.52. The Morgan fingerprint density at radius 3 is 1.90 bits per heavy atom. The number of anilines is 2. The topological polar surface area (TPSA) is 84.5 Å². The molecule has 1 aliphatic carbocycles. The number of benzene rings is 2. The maximum absolute atomic E-state index is 13.2. The molecule has 3 rings (SSSR count). The maximum atomic E-state index is 13.2. The fraction of sp³-hybridized carbons (Fsp3) is 0.318. The Kier molecular flexibility index (Phi) is 6.59. The van der Waals surface area contributed by atoms with E-state index in [4.69, 9.17) is 0 Å². The van der Waals surface area contributed by atoms with Gasteiger partial charge in [0.25, 0.3) is 0 Å². The molecule has 0 spiro atoms. The minimum absolute atomic E-state index is 0.129. The molecule has 1 fully saturated rings. The number of methoxy groups -OCH3 is 1. The molecule has 2 aromatic carbocycles. The molecule has 0 saturated heterocycles. The van der Waals surface area contributed by atoms with E-state index in [1.165, 1.54) is 19.2 Å². The number of nitrogens with one attached hydrogen (secondary N) is 2. The van der Waals surface area contributed by atoms with Gasteiger partial charge in [-0.25, -0.2) is 9.18 Å². The molecule has 2 N–H and O–H groups in total. The summed E-state index contributed by atoms with van der Waals surface area (Å²) in [7, 11) is 1.30. The van der Waals surface area contributed by atoms with E-state index in [9.17, 15) is 18.8 Å². The molecule has 2 aromatic rings. The third kappa shape index (κ3) is 5.40. The van der Waals surface area contributed by atoms with Gasteiger partial charge in [-0.3, -0.25) is 9.59 Å². The summed E-state index contributed by atoms with van der Waals surface area (Å²) in [5, 5.41) is 5.57. The highest BCUT2D eigenvalue weighted by atomic mass is 19.1. The van der Waals surface area contributed by atoms with E-state index in [0.717, 1.165) is 0 Å². The Bertz CT molecular complexity index is 907. The monoisotopic (exact) mass is 398 g/mol. The van der Waals surface area contributed by atoms with Gasteiger partial charge < -0.3 is 15.4 Å². The van der Waals surface area contributed by atoms with Crippen molar-refractivity contribution in [2.75, 3.05) is 17.7 Å². The average Bonchev–Trinajstić information content (AvgIpc) is 2.73. The molecule has 0 heterocycles. The molecule has 1 saturated carbocycles. The Balaban J connectivity index is 1.51. The minimum atomic E-state index is -0.467. The largest absolute Gasteiger partial charge is 0.465 e. The van der Waals surface area contributed by atoms with E-state index in [2.05, 4.69) is 15.4 Å². The zero-order valence-corrected chi connectivity index (χ0v) is 16.1. The molecule has 0 aromatic heterocycles. The molecule has 0 bridgehead atoms. The van der Waals surface area contributed by atoms with Crippen LogP contribution in [0.2, 0.25) is 0 Å². The Hall–Kier alpha value is -3.22. The predicted octanol–water partition coefficient (Wildman–Crippen LogP) is 4.00. The zero-order chi connectivity index (χ0) is 20.8. The van der Waals surface area contributed by atoms with Gasteiger partial charge in [-0.2, -0.15) is 0 Å². The van der Waals surface area contributed by atoms with Gasteiger partial charge in [0.15, 0.2) is 0 Å². The number of carbonyl (C=O) groups excluding carboxylic acids is 3. The van der Waals surface area contributed by atoms with Gasteiger partial charge in [0.2, 0.25) is 11.8 Å². The van der Waals surface area contributed by atoms with Crippen LogP contribution in [0.5, 0.6) is 0 Å². The number of carbonyl (C=O) groups is 3. The Labute approximate surface area is 168 Å². The van der Waals surface area contributed by atoms with Gasteiger partial charge in [0.1, 0.15) is 5.82 Å². The van der Waals surface area contributed by atoms with Crippen LogP contribution in [0.15, 0.2) is 48.5 Å². The van der Waals surface area contributed by atoms with Gasteiger partial charge in [0.05, 0.1) is 12.7 Å². The Morgan fingerprint density at radius 1 is 0.862 bits per heavy atom. The average molecular weight is 398 g/mol. The van der Waals surface area contributed by atoms with Crippen LogP contribution in [0.4, 0.5) is 15.8 Å². The summed E-state index contributed by atoms with van der Waals surface area (Å²) in [6.07, 6.45) is 2.34. The molecule has 6 nitrogen and oxygen atoms in total. The van der Waals surface area contributed by atoms with Crippen molar-refractivity contribution >= 4 is 29.2 Å². The van der Waals surface area contributed by atoms with Crippen LogP contribution in [-0.4, -0.2) is 24.9 Å². The highest BCUT2D eigenvalue weighted by Gasteiger charge is 2.30. The number of amides is 2. The third-order valence-electron chi connectivity index (χ3n) is 5.11. The summed E-state index contributed by atoms with van der Waals surface area (Å²) in [4.78, 5) is 36.6. The molecule has 0 radical (unpaired) electrons. The van der Waals surface area contributed by atoms with E-state index in [1.54, 1.807) is 36.4 Å². The first-order chi connectivity index (χ1) is 14.0. The fourth-order valence-electron chi connectivity index (χ4n) is 3.51. The highest BCUT2D eigenvalue weighted by Crippen LogP contribution is 2.30. The maximum Gasteiger partial charge on any atom is 0.337 e. The molecular weight excluding hydrogens is 375 g/mol. The van der Waals surface area contributed by atoms with Crippen molar-refractivity contribution in [3.63, 3.8) is 0 Å². The quantitative estimate of drug-likeness (QED) is 0.746. The predicted molar refractivity (Wildman–Crippen MR) is 107 cm³/mol. The number of hydrogen-bond acceptors (Lipinski definition) is 4. The first kappa shape index (κ1) is 20.5. The number of ether oxygens (including phenoxy) is 1. The van der Waals surface area contributed by atoms with Crippen molar-refractivity contribution in [1.29, 1.82) is 0 Å². The lowest BCUT2D eigenvalue weighted by Crippen LogP contribution is -2.32. The fourth-order valence-corrected chi connectivity index (χ4v) is 3.51. The van der Waals surface area contributed by atoms with Crippen molar-refractivity contribution in [3.05, 3.63) is 59.9 Å². The molecule has 0 unspecified atom stereocenters. The normalized spacial score (nSPS) is 18.6. The summed E-state index contributed by atoms with van der Waals surface area (Å²) < 4.78 is 17.9. The van der Waals surface area contributed by atoms with Gasteiger partial charge in [0, 0.05) is 23.2 Å². The molecule has 29 heavy (non-hydrogen) atoms. The summed E-state index contributed by atoms with van der Waals surface area (Å²) in [5.74, 6) is -1.55. The molecule has 0 aliphatic heterocycles. The highest BCUT2D eigenvalue weighted by molar-refractivity contribution is 5.96. The SMILES string of the molecule is COC(=O)c1cccc(NC(=O)C2CCC(C(=O)Nc3cccc(F)c3)CC2)c1. The van der Waals surface area contributed by atoms with Crippen LogP contribution in [0.3, 0.4) is 0 Å². The van der Waals surface area contributed by atoms with Crippen molar-refractivity contribution in [3.8, 4) is 0 Å². The smallest absolute Gasteiger partial charge is 0.337 e. The number of esters is 1. The van der Waals surface area contributed by atoms with Crippen molar-refractivity contribution in [2.24, 2.45) is 11.8 Å². The van der Waals surface area contributed by atoms with Crippen LogP contribution in [-0.2, 0) is 14.3 Å². The molecule has 1 aliphatic rings. The van der Waals surface area contributed by atoms with Gasteiger partial charge >= 0.3 is 5.97 Å². The molecule has 152 valence electrons. The first-order valence-corrected chi connectivity index (χ1v) is 9.52. The van der Waals surface area contributed by atoms with E-state index in [1.807, 2.05) is 0 Å². The van der Waals surface area contributed by atoms with E-state index < -0.39 is 11.8 Å². The second-order valence-corrected chi connectivity index (χ2v) is 7.11. The molecule has 7 heteroatoms. The van der Waals surface area contributed by atoms with E-state index in [0.29, 0.717) is 42.6 Å². The number of rotatable bonds is 5. The lowest BCUT2D eigenvalue weighted by Gasteiger charge is -2.27. The minimum Gasteiger partial charge on any atom is -0.465 e. The van der Waals surface area contributed by atoms with Crippen LogP contribution in [0, 0.1) is 17.7 Å². The molecule has 2 amide bonds. The third-order valence-corrected chi connectivity index (χ3v) is 5.11. The summed E-state index contributed by atoms with van der Waals surface area (Å²) in [6, 6.07) is 12.4. The van der Waals surface area contributed by atoms with Crippen LogP contribution in [0.1, 0.15) is 36.0 Å². The lowest BCUT2D eigenvalue weighted by atomic mass is 9.81. The standard InChI is InChI=1S/C22H23FN2O4/c1-29-22(28)16-4-2-6-18(12-16)24-20(26)14-8-10-15(11-9-14)21(27)25-19-7-3-5-17(23)13-19/h2-7,12-15H,8-11H2,1H3,(H,24,26)(H,25,27).